The first-order valence-electron chi connectivity index (χ1n) is 8.10. The Bertz CT molecular complexity index is 418. The largest absolute Gasteiger partial charge is 0.369 e. The van der Waals surface area contributed by atoms with E-state index in [1.54, 1.807) is 0 Å². The van der Waals surface area contributed by atoms with Crippen LogP contribution in [0.1, 0.15) is 64.5 Å². The number of benzene rings is 1. The standard InChI is InChI=1S/C18H28FNO/c1-18(2,3)20-13-17(14-9-11-15(19)12-10-14)21-16-7-5-4-6-8-16/h9-12,16-17,20H,4-8,13H2,1-3H3. The van der Waals surface area contributed by atoms with Crippen LogP contribution in [0.4, 0.5) is 4.39 Å². The number of nitrogens with one attached hydrogen (secondary N) is 1. The van der Waals surface area contributed by atoms with Crippen LogP contribution < -0.4 is 5.32 Å². The van der Waals surface area contributed by atoms with Crippen molar-refractivity contribution in [2.75, 3.05) is 6.54 Å². The Hall–Kier alpha value is -0.930. The van der Waals surface area contributed by atoms with Crippen LogP contribution in [0, 0.1) is 5.82 Å². The summed E-state index contributed by atoms with van der Waals surface area (Å²) in [4.78, 5) is 0. The van der Waals surface area contributed by atoms with Gasteiger partial charge in [0.25, 0.3) is 0 Å². The van der Waals surface area contributed by atoms with Crippen molar-refractivity contribution in [3.8, 4) is 0 Å². The van der Waals surface area contributed by atoms with E-state index < -0.39 is 0 Å². The van der Waals surface area contributed by atoms with Gasteiger partial charge in [0.1, 0.15) is 5.82 Å². The number of halogens is 1. The second-order valence-electron chi connectivity index (χ2n) is 7.07. The van der Waals surface area contributed by atoms with E-state index in [4.69, 9.17) is 4.74 Å². The molecule has 0 heterocycles. The van der Waals surface area contributed by atoms with E-state index in [0.717, 1.165) is 24.9 Å². The highest BCUT2D eigenvalue weighted by atomic mass is 19.1. The third-order valence-electron chi connectivity index (χ3n) is 3.97. The van der Waals surface area contributed by atoms with E-state index in [-0.39, 0.29) is 17.5 Å². The molecule has 1 atom stereocenters. The highest BCUT2D eigenvalue weighted by molar-refractivity contribution is 5.19. The van der Waals surface area contributed by atoms with Gasteiger partial charge in [-0.1, -0.05) is 31.4 Å². The zero-order valence-electron chi connectivity index (χ0n) is 13.5. The highest BCUT2D eigenvalue weighted by Crippen LogP contribution is 2.27. The molecule has 2 rings (SSSR count). The van der Waals surface area contributed by atoms with Gasteiger partial charge < -0.3 is 10.1 Å². The van der Waals surface area contributed by atoms with Crippen LogP contribution in [0.15, 0.2) is 24.3 Å². The van der Waals surface area contributed by atoms with Crippen molar-refractivity contribution in [2.45, 2.75) is 70.6 Å². The molecule has 0 aliphatic heterocycles. The summed E-state index contributed by atoms with van der Waals surface area (Å²) < 4.78 is 19.5. The monoisotopic (exact) mass is 293 g/mol. The van der Waals surface area contributed by atoms with Crippen LogP contribution in [0.3, 0.4) is 0 Å². The molecule has 2 nitrogen and oxygen atoms in total. The molecule has 0 saturated heterocycles. The molecule has 1 unspecified atom stereocenters. The summed E-state index contributed by atoms with van der Waals surface area (Å²) in [5.74, 6) is -0.195. The average Bonchev–Trinajstić information content (AvgIpc) is 2.45. The molecule has 21 heavy (non-hydrogen) atoms. The Morgan fingerprint density at radius 3 is 2.33 bits per heavy atom. The smallest absolute Gasteiger partial charge is 0.123 e. The minimum Gasteiger partial charge on any atom is -0.369 e. The van der Waals surface area contributed by atoms with E-state index >= 15 is 0 Å². The van der Waals surface area contributed by atoms with Gasteiger partial charge in [-0.05, 0) is 51.3 Å². The molecule has 0 amide bonds. The fourth-order valence-corrected chi connectivity index (χ4v) is 2.75. The van der Waals surface area contributed by atoms with Crippen LogP contribution in [-0.4, -0.2) is 18.2 Å². The van der Waals surface area contributed by atoms with Crippen molar-refractivity contribution >= 4 is 0 Å². The van der Waals surface area contributed by atoms with E-state index in [0.29, 0.717) is 6.10 Å². The molecular weight excluding hydrogens is 265 g/mol. The van der Waals surface area contributed by atoms with Crippen LogP contribution in [-0.2, 0) is 4.74 Å². The van der Waals surface area contributed by atoms with Crippen LogP contribution in [0.2, 0.25) is 0 Å². The molecule has 118 valence electrons. The third-order valence-corrected chi connectivity index (χ3v) is 3.97. The fraction of sp³-hybridized carbons (Fsp3) is 0.667. The Balaban J connectivity index is 2.03. The first-order valence-corrected chi connectivity index (χ1v) is 8.10. The summed E-state index contributed by atoms with van der Waals surface area (Å²) in [5.41, 5.74) is 1.10. The zero-order valence-corrected chi connectivity index (χ0v) is 13.5. The van der Waals surface area contributed by atoms with E-state index in [9.17, 15) is 4.39 Å². The second-order valence-corrected chi connectivity index (χ2v) is 7.07. The summed E-state index contributed by atoms with van der Waals surface area (Å²) >= 11 is 0. The van der Waals surface area contributed by atoms with Crippen LogP contribution >= 0.6 is 0 Å². The third kappa shape index (κ3) is 5.76. The van der Waals surface area contributed by atoms with Crippen molar-refractivity contribution in [3.63, 3.8) is 0 Å². The Morgan fingerprint density at radius 1 is 1.14 bits per heavy atom. The van der Waals surface area contributed by atoms with Crippen molar-refractivity contribution in [1.29, 1.82) is 0 Å². The maximum atomic E-state index is 13.1. The number of hydrogen-bond donors (Lipinski definition) is 1. The predicted octanol–water partition coefficient (Wildman–Crippen LogP) is 4.60. The molecule has 3 heteroatoms. The summed E-state index contributed by atoms with van der Waals surface area (Å²) in [5, 5.41) is 3.51. The van der Waals surface area contributed by atoms with Crippen LogP contribution in [0.5, 0.6) is 0 Å². The normalized spacial score (nSPS) is 18.7. The minimum absolute atomic E-state index is 0.00655. The second kappa shape index (κ2) is 7.37. The number of hydrogen-bond acceptors (Lipinski definition) is 2. The van der Waals surface area contributed by atoms with Gasteiger partial charge >= 0.3 is 0 Å². The van der Waals surface area contributed by atoms with Gasteiger partial charge in [-0.15, -0.1) is 0 Å². The van der Waals surface area contributed by atoms with Gasteiger partial charge in [0.15, 0.2) is 0 Å². The van der Waals surface area contributed by atoms with Crippen molar-refractivity contribution in [2.24, 2.45) is 0 Å². The summed E-state index contributed by atoms with van der Waals surface area (Å²) in [6.07, 6.45) is 6.46. The average molecular weight is 293 g/mol. The van der Waals surface area contributed by atoms with Gasteiger partial charge in [-0.2, -0.15) is 0 Å². The fourth-order valence-electron chi connectivity index (χ4n) is 2.75. The molecule has 0 bridgehead atoms. The molecule has 1 aliphatic carbocycles. The lowest BCUT2D eigenvalue weighted by Gasteiger charge is -2.30. The Morgan fingerprint density at radius 2 is 1.76 bits per heavy atom. The lowest BCUT2D eigenvalue weighted by molar-refractivity contribution is -0.0328. The topological polar surface area (TPSA) is 21.3 Å². The van der Waals surface area contributed by atoms with E-state index in [1.807, 2.05) is 12.1 Å². The molecule has 1 saturated carbocycles. The maximum Gasteiger partial charge on any atom is 0.123 e. The van der Waals surface area contributed by atoms with E-state index in [1.165, 1.54) is 31.4 Å². The first kappa shape index (κ1) is 16.4. The van der Waals surface area contributed by atoms with Gasteiger partial charge in [0.2, 0.25) is 0 Å². The van der Waals surface area contributed by atoms with Gasteiger partial charge in [-0.25, -0.2) is 4.39 Å². The van der Waals surface area contributed by atoms with Crippen molar-refractivity contribution < 1.29 is 9.13 Å². The Labute approximate surface area is 128 Å². The van der Waals surface area contributed by atoms with Crippen LogP contribution in [0.25, 0.3) is 0 Å². The van der Waals surface area contributed by atoms with Gasteiger partial charge in [-0.3, -0.25) is 0 Å². The molecular formula is C18H28FNO. The SMILES string of the molecule is CC(C)(C)NCC(OC1CCCCC1)c1ccc(F)cc1. The molecule has 0 spiro atoms. The summed E-state index contributed by atoms with van der Waals surface area (Å²) in [6.45, 7) is 7.20. The molecule has 1 fully saturated rings. The number of rotatable bonds is 5. The summed E-state index contributed by atoms with van der Waals surface area (Å²) in [6, 6.07) is 6.72. The van der Waals surface area contributed by atoms with Crippen molar-refractivity contribution in [3.05, 3.63) is 35.6 Å². The maximum absolute atomic E-state index is 13.1. The zero-order chi connectivity index (χ0) is 15.3. The molecule has 1 aliphatic rings. The van der Waals surface area contributed by atoms with Gasteiger partial charge in [0.05, 0.1) is 12.2 Å². The quantitative estimate of drug-likeness (QED) is 0.856. The lowest BCUT2D eigenvalue weighted by Crippen LogP contribution is -2.40. The minimum atomic E-state index is -0.195. The molecule has 1 aromatic carbocycles. The lowest BCUT2D eigenvalue weighted by atomic mass is 9.97. The predicted molar refractivity (Wildman–Crippen MR) is 84.9 cm³/mol. The Kier molecular flexibility index (Phi) is 5.77. The molecule has 0 radical (unpaired) electrons. The molecule has 1 aromatic rings. The first-order chi connectivity index (χ1) is 9.94. The highest BCUT2D eigenvalue weighted by Gasteiger charge is 2.22. The van der Waals surface area contributed by atoms with Gasteiger partial charge in [0, 0.05) is 12.1 Å². The number of ether oxygens (including phenoxy) is 1. The van der Waals surface area contributed by atoms with E-state index in [2.05, 4.69) is 26.1 Å². The van der Waals surface area contributed by atoms with Crippen molar-refractivity contribution in [1.82, 2.24) is 5.32 Å². The summed E-state index contributed by atoms with van der Waals surface area (Å²) in [7, 11) is 0. The molecule has 1 N–H and O–H groups in total. The molecule has 0 aromatic heterocycles.